The molecule has 0 bridgehead atoms. The predicted molar refractivity (Wildman–Crippen MR) is 77.1 cm³/mol. The van der Waals surface area contributed by atoms with Crippen molar-refractivity contribution in [1.29, 1.82) is 0 Å². The standard InChI is InChI=1S/C14H12O4S2/c15-13(16)14(19(17)11-7-3-1-4-8-11)20(18)12-9-5-2-6-10-12/h1-10,14H,(H,15,16). The number of aliphatic carboxylic acids is 1. The Morgan fingerprint density at radius 2 is 1.15 bits per heavy atom. The maximum absolute atomic E-state index is 12.3. The third-order valence-electron chi connectivity index (χ3n) is 2.54. The summed E-state index contributed by atoms with van der Waals surface area (Å²) in [5, 5.41) is 9.25. The van der Waals surface area contributed by atoms with E-state index in [1.54, 1.807) is 60.7 Å². The zero-order valence-electron chi connectivity index (χ0n) is 10.3. The summed E-state index contributed by atoms with van der Waals surface area (Å²) in [7, 11) is -3.76. The smallest absolute Gasteiger partial charge is 0.333 e. The molecular formula is C14H12O4S2. The summed E-state index contributed by atoms with van der Waals surface area (Å²) in [4.78, 5) is 12.0. The van der Waals surface area contributed by atoms with Gasteiger partial charge in [-0.2, -0.15) is 0 Å². The summed E-state index contributed by atoms with van der Waals surface area (Å²) in [6, 6.07) is 16.4. The molecule has 4 nitrogen and oxygen atoms in total. The lowest BCUT2D eigenvalue weighted by Gasteiger charge is -2.12. The van der Waals surface area contributed by atoms with Crippen LogP contribution >= 0.6 is 0 Å². The molecule has 0 aliphatic rings. The van der Waals surface area contributed by atoms with Gasteiger partial charge < -0.3 is 5.11 Å². The van der Waals surface area contributed by atoms with Crippen LogP contribution in [0.5, 0.6) is 0 Å². The van der Waals surface area contributed by atoms with E-state index in [9.17, 15) is 18.3 Å². The van der Waals surface area contributed by atoms with Crippen LogP contribution in [0, 0.1) is 0 Å². The quantitative estimate of drug-likeness (QED) is 0.917. The number of carbonyl (C=O) groups is 1. The van der Waals surface area contributed by atoms with Crippen LogP contribution in [0.1, 0.15) is 0 Å². The normalized spacial score (nSPS) is 15.2. The molecule has 0 spiro atoms. The van der Waals surface area contributed by atoms with Gasteiger partial charge in [0.15, 0.2) is 0 Å². The Balaban J connectivity index is 2.36. The first-order valence-electron chi connectivity index (χ1n) is 5.75. The Hall–Kier alpha value is -1.79. The predicted octanol–water partition coefficient (Wildman–Crippen LogP) is 2.01. The highest BCUT2D eigenvalue weighted by Gasteiger charge is 2.33. The van der Waals surface area contributed by atoms with Gasteiger partial charge in [0, 0.05) is 9.79 Å². The van der Waals surface area contributed by atoms with E-state index in [2.05, 4.69) is 0 Å². The molecule has 0 heterocycles. The first-order valence-corrected chi connectivity index (χ1v) is 8.18. The summed E-state index contributed by atoms with van der Waals surface area (Å²) in [5.74, 6) is -1.34. The van der Waals surface area contributed by atoms with E-state index in [-0.39, 0.29) is 0 Å². The fraction of sp³-hybridized carbons (Fsp3) is 0.0714. The van der Waals surface area contributed by atoms with Crippen LogP contribution in [0.2, 0.25) is 0 Å². The van der Waals surface area contributed by atoms with E-state index in [0.717, 1.165) is 0 Å². The molecule has 20 heavy (non-hydrogen) atoms. The van der Waals surface area contributed by atoms with Crippen LogP contribution in [-0.4, -0.2) is 24.1 Å². The SMILES string of the molecule is O=C(O)C(S(=O)c1ccccc1)S(=O)c1ccccc1. The van der Waals surface area contributed by atoms with E-state index >= 15 is 0 Å². The van der Waals surface area contributed by atoms with Gasteiger partial charge in [0.2, 0.25) is 4.58 Å². The van der Waals surface area contributed by atoms with E-state index in [4.69, 9.17) is 0 Å². The second-order valence-corrected chi connectivity index (χ2v) is 7.26. The average Bonchev–Trinajstić information content (AvgIpc) is 2.48. The molecule has 6 heteroatoms. The Kier molecular flexibility index (Phi) is 4.81. The highest BCUT2D eigenvalue weighted by Crippen LogP contribution is 2.19. The molecule has 2 aromatic rings. The zero-order chi connectivity index (χ0) is 14.5. The third kappa shape index (κ3) is 3.20. The van der Waals surface area contributed by atoms with Crippen LogP contribution in [0.4, 0.5) is 0 Å². The van der Waals surface area contributed by atoms with Gasteiger partial charge in [-0.3, -0.25) is 8.42 Å². The molecule has 0 fully saturated rings. The van der Waals surface area contributed by atoms with Crippen molar-refractivity contribution < 1.29 is 18.3 Å². The highest BCUT2D eigenvalue weighted by molar-refractivity contribution is 8.04. The van der Waals surface area contributed by atoms with Gasteiger partial charge in [-0.15, -0.1) is 0 Å². The van der Waals surface area contributed by atoms with Crippen LogP contribution in [0.3, 0.4) is 0 Å². The number of carboxylic acid groups (broad SMARTS) is 1. The molecule has 104 valence electrons. The van der Waals surface area contributed by atoms with Crippen LogP contribution in [-0.2, 0) is 26.4 Å². The van der Waals surface area contributed by atoms with Crippen molar-refractivity contribution in [2.24, 2.45) is 0 Å². The Bertz CT molecular complexity index is 589. The van der Waals surface area contributed by atoms with Crippen LogP contribution in [0.25, 0.3) is 0 Å². The number of benzene rings is 2. The Labute approximate surface area is 121 Å². The van der Waals surface area contributed by atoms with Gasteiger partial charge in [0.05, 0.1) is 21.6 Å². The molecule has 0 amide bonds. The monoisotopic (exact) mass is 308 g/mol. The summed E-state index contributed by atoms with van der Waals surface area (Å²) in [6.45, 7) is 0. The Morgan fingerprint density at radius 1 is 0.800 bits per heavy atom. The molecule has 0 aliphatic heterocycles. The fourth-order valence-corrected chi connectivity index (χ4v) is 4.63. The van der Waals surface area contributed by atoms with Gasteiger partial charge in [0.25, 0.3) is 0 Å². The maximum Gasteiger partial charge on any atom is 0.333 e. The van der Waals surface area contributed by atoms with Crippen molar-refractivity contribution in [1.82, 2.24) is 0 Å². The van der Waals surface area contributed by atoms with Crippen molar-refractivity contribution in [2.45, 2.75) is 14.4 Å². The van der Waals surface area contributed by atoms with E-state index in [0.29, 0.717) is 9.79 Å². The fourth-order valence-electron chi connectivity index (χ4n) is 1.62. The first-order chi connectivity index (χ1) is 9.61. The van der Waals surface area contributed by atoms with Crippen LogP contribution in [0.15, 0.2) is 70.5 Å². The second kappa shape index (κ2) is 6.58. The van der Waals surface area contributed by atoms with Gasteiger partial charge in [0.1, 0.15) is 0 Å². The third-order valence-corrected chi connectivity index (χ3v) is 6.24. The molecule has 2 aromatic carbocycles. The van der Waals surface area contributed by atoms with Gasteiger partial charge in [-0.25, -0.2) is 4.79 Å². The lowest BCUT2D eigenvalue weighted by molar-refractivity contribution is -0.134. The summed E-state index contributed by atoms with van der Waals surface area (Å²) in [6.07, 6.45) is 0. The highest BCUT2D eigenvalue weighted by atomic mass is 32.2. The van der Waals surface area contributed by atoms with Crippen molar-refractivity contribution in [3.63, 3.8) is 0 Å². The van der Waals surface area contributed by atoms with Gasteiger partial charge in [-0.05, 0) is 24.3 Å². The minimum atomic E-state index is -1.88. The molecule has 1 N–H and O–H groups in total. The molecule has 0 aromatic heterocycles. The molecule has 2 unspecified atom stereocenters. The molecule has 0 aliphatic carbocycles. The van der Waals surface area contributed by atoms with E-state index in [1.165, 1.54) is 0 Å². The van der Waals surface area contributed by atoms with Crippen LogP contribution < -0.4 is 0 Å². The number of hydrogen-bond acceptors (Lipinski definition) is 3. The lowest BCUT2D eigenvalue weighted by Crippen LogP contribution is -2.30. The number of hydrogen-bond donors (Lipinski definition) is 1. The minimum absolute atomic E-state index is 0.351. The van der Waals surface area contributed by atoms with E-state index in [1.807, 2.05) is 0 Å². The van der Waals surface area contributed by atoms with Crippen molar-refractivity contribution in [3.05, 3.63) is 60.7 Å². The molecular weight excluding hydrogens is 296 g/mol. The average molecular weight is 308 g/mol. The topological polar surface area (TPSA) is 71.4 Å². The molecule has 2 rings (SSSR count). The molecule has 0 radical (unpaired) electrons. The minimum Gasteiger partial charge on any atom is -0.480 e. The Morgan fingerprint density at radius 3 is 1.45 bits per heavy atom. The van der Waals surface area contributed by atoms with Crippen molar-refractivity contribution in [2.75, 3.05) is 0 Å². The zero-order valence-corrected chi connectivity index (χ0v) is 12.0. The molecule has 0 saturated carbocycles. The lowest BCUT2D eigenvalue weighted by atomic mass is 10.4. The summed E-state index contributed by atoms with van der Waals surface area (Å²) >= 11 is 0. The largest absolute Gasteiger partial charge is 0.480 e. The van der Waals surface area contributed by atoms with E-state index < -0.39 is 32.2 Å². The van der Waals surface area contributed by atoms with Crippen molar-refractivity contribution >= 4 is 27.6 Å². The van der Waals surface area contributed by atoms with Gasteiger partial charge in [-0.1, -0.05) is 36.4 Å². The molecule has 2 atom stereocenters. The second-order valence-electron chi connectivity index (χ2n) is 3.89. The summed E-state index contributed by atoms with van der Waals surface area (Å²) < 4.78 is 23.2. The van der Waals surface area contributed by atoms with Gasteiger partial charge >= 0.3 is 5.97 Å². The first kappa shape index (κ1) is 14.6. The summed E-state index contributed by atoms with van der Waals surface area (Å²) in [5.41, 5.74) is 0. The number of rotatable bonds is 5. The number of carboxylic acids is 1. The maximum atomic E-state index is 12.3. The van der Waals surface area contributed by atoms with Crippen molar-refractivity contribution in [3.8, 4) is 0 Å². The molecule has 0 saturated heterocycles.